The van der Waals surface area contributed by atoms with Crippen LogP contribution in [0.3, 0.4) is 0 Å². The van der Waals surface area contributed by atoms with Gasteiger partial charge in [0.2, 0.25) is 0 Å². The highest BCUT2D eigenvalue weighted by Crippen LogP contribution is 2.36. The van der Waals surface area contributed by atoms with E-state index in [1.54, 1.807) is 24.4 Å². The Kier molecular flexibility index (Phi) is 7.82. The standard InChI is InChI=1S/C22H20Br2N4O3/c1-3-5-20-27-18-7-6-15(23)12-16(18)22(29)28(20)26-13-14-10-17(24)21(31-9-8-25)19(11-14)30-4-2/h6-7,10-13H,3-5,9H2,1-2H3. The highest BCUT2D eigenvalue weighted by molar-refractivity contribution is 9.10. The lowest BCUT2D eigenvalue weighted by molar-refractivity contribution is 0.297. The topological polar surface area (TPSA) is 89.5 Å². The molecule has 3 aromatic rings. The number of aromatic nitrogens is 2. The Balaban J connectivity index is 2.08. The number of ether oxygens (including phenoxy) is 2. The number of benzene rings is 2. The Labute approximate surface area is 196 Å². The van der Waals surface area contributed by atoms with Gasteiger partial charge >= 0.3 is 0 Å². The lowest BCUT2D eigenvalue weighted by atomic mass is 10.2. The van der Waals surface area contributed by atoms with Gasteiger partial charge in [-0.05, 0) is 65.2 Å². The van der Waals surface area contributed by atoms with Gasteiger partial charge < -0.3 is 9.47 Å². The molecule has 0 unspecified atom stereocenters. The Morgan fingerprint density at radius 3 is 2.74 bits per heavy atom. The summed E-state index contributed by atoms with van der Waals surface area (Å²) in [5.41, 5.74) is 1.11. The number of nitriles is 1. The van der Waals surface area contributed by atoms with Gasteiger partial charge in [-0.3, -0.25) is 4.79 Å². The molecule has 0 atom stereocenters. The van der Waals surface area contributed by atoms with E-state index in [0.29, 0.717) is 51.3 Å². The lowest BCUT2D eigenvalue weighted by Gasteiger charge is -2.13. The predicted molar refractivity (Wildman–Crippen MR) is 127 cm³/mol. The minimum absolute atomic E-state index is 0.0970. The number of aryl methyl sites for hydroxylation is 1. The summed E-state index contributed by atoms with van der Waals surface area (Å²) in [6, 6.07) is 10.9. The van der Waals surface area contributed by atoms with Crippen molar-refractivity contribution in [1.82, 2.24) is 9.66 Å². The number of halogens is 2. The molecule has 0 N–H and O–H groups in total. The minimum Gasteiger partial charge on any atom is -0.490 e. The summed E-state index contributed by atoms with van der Waals surface area (Å²) in [6.45, 7) is 4.22. The zero-order valence-electron chi connectivity index (χ0n) is 17.1. The van der Waals surface area contributed by atoms with Crippen LogP contribution in [0.4, 0.5) is 0 Å². The van der Waals surface area contributed by atoms with Gasteiger partial charge in [0.15, 0.2) is 18.1 Å². The van der Waals surface area contributed by atoms with Crippen LogP contribution in [-0.4, -0.2) is 29.1 Å². The van der Waals surface area contributed by atoms with Crippen molar-refractivity contribution in [2.24, 2.45) is 5.10 Å². The fourth-order valence-corrected chi connectivity index (χ4v) is 3.93. The molecule has 0 amide bonds. The van der Waals surface area contributed by atoms with Gasteiger partial charge in [-0.25, -0.2) is 4.98 Å². The van der Waals surface area contributed by atoms with Crippen LogP contribution in [0.1, 0.15) is 31.7 Å². The van der Waals surface area contributed by atoms with Crippen LogP contribution in [-0.2, 0) is 6.42 Å². The number of hydrogen-bond donors (Lipinski definition) is 0. The Morgan fingerprint density at radius 1 is 1.23 bits per heavy atom. The molecule has 0 saturated carbocycles. The molecule has 0 bridgehead atoms. The molecule has 1 heterocycles. The second-order valence-corrected chi connectivity index (χ2v) is 8.28. The first kappa shape index (κ1) is 23.0. The maximum absolute atomic E-state index is 13.1. The summed E-state index contributed by atoms with van der Waals surface area (Å²) in [5, 5.41) is 13.7. The number of hydrogen-bond acceptors (Lipinski definition) is 6. The van der Waals surface area contributed by atoms with Crippen molar-refractivity contribution in [3.05, 3.63) is 61.0 Å². The highest BCUT2D eigenvalue weighted by Gasteiger charge is 2.13. The monoisotopic (exact) mass is 546 g/mol. The molecule has 0 radical (unpaired) electrons. The molecule has 0 aliphatic heterocycles. The van der Waals surface area contributed by atoms with Crippen molar-refractivity contribution < 1.29 is 9.47 Å². The summed E-state index contributed by atoms with van der Waals surface area (Å²) >= 11 is 6.86. The molecule has 3 rings (SSSR count). The third kappa shape index (κ3) is 5.32. The van der Waals surface area contributed by atoms with E-state index in [9.17, 15) is 4.79 Å². The van der Waals surface area contributed by atoms with E-state index in [-0.39, 0.29) is 12.2 Å². The molecule has 0 saturated heterocycles. The van der Waals surface area contributed by atoms with E-state index in [2.05, 4.69) is 41.9 Å². The maximum Gasteiger partial charge on any atom is 0.282 e. The zero-order chi connectivity index (χ0) is 22.4. The number of rotatable bonds is 8. The van der Waals surface area contributed by atoms with Crippen molar-refractivity contribution in [2.45, 2.75) is 26.7 Å². The predicted octanol–water partition coefficient (Wildman–Crippen LogP) is 5.06. The molecule has 160 valence electrons. The molecule has 9 heteroatoms. The van der Waals surface area contributed by atoms with E-state index in [1.165, 1.54) is 4.68 Å². The van der Waals surface area contributed by atoms with E-state index in [4.69, 9.17) is 14.7 Å². The van der Waals surface area contributed by atoms with Gasteiger partial charge in [0.25, 0.3) is 5.56 Å². The van der Waals surface area contributed by atoms with Crippen LogP contribution >= 0.6 is 31.9 Å². The van der Waals surface area contributed by atoms with Crippen molar-refractivity contribution in [3.8, 4) is 17.6 Å². The third-order valence-corrected chi connectivity index (χ3v) is 5.37. The molecular weight excluding hydrogens is 528 g/mol. The first-order chi connectivity index (χ1) is 15.0. The average molecular weight is 548 g/mol. The van der Waals surface area contributed by atoms with Crippen LogP contribution in [0.25, 0.3) is 10.9 Å². The van der Waals surface area contributed by atoms with Gasteiger partial charge in [-0.15, -0.1) is 0 Å². The summed E-state index contributed by atoms with van der Waals surface area (Å²) in [6.07, 6.45) is 3.02. The SMILES string of the molecule is CCCc1nc2ccc(Br)cc2c(=O)n1N=Cc1cc(Br)c(OCC#N)c(OCC)c1. The second kappa shape index (κ2) is 10.6. The van der Waals surface area contributed by atoms with E-state index >= 15 is 0 Å². The quantitative estimate of drug-likeness (QED) is 0.368. The van der Waals surface area contributed by atoms with Crippen LogP contribution < -0.4 is 15.0 Å². The fraction of sp³-hybridized carbons (Fsp3) is 0.273. The van der Waals surface area contributed by atoms with Crippen LogP contribution in [0.5, 0.6) is 11.5 Å². The molecule has 1 aromatic heterocycles. The van der Waals surface area contributed by atoms with Crippen molar-refractivity contribution in [1.29, 1.82) is 5.26 Å². The van der Waals surface area contributed by atoms with Crippen molar-refractivity contribution in [3.63, 3.8) is 0 Å². The molecule has 7 nitrogen and oxygen atoms in total. The highest BCUT2D eigenvalue weighted by atomic mass is 79.9. The van der Waals surface area contributed by atoms with Crippen molar-refractivity contribution in [2.75, 3.05) is 13.2 Å². The Hall–Kier alpha value is -2.70. The summed E-state index contributed by atoms with van der Waals surface area (Å²) in [4.78, 5) is 17.7. The summed E-state index contributed by atoms with van der Waals surface area (Å²) in [7, 11) is 0. The van der Waals surface area contributed by atoms with Crippen LogP contribution in [0, 0.1) is 11.3 Å². The Morgan fingerprint density at radius 2 is 2.03 bits per heavy atom. The number of fused-ring (bicyclic) bond motifs is 1. The van der Waals surface area contributed by atoms with Crippen LogP contribution in [0.15, 0.2) is 49.2 Å². The summed E-state index contributed by atoms with van der Waals surface area (Å²) in [5.74, 6) is 1.52. The molecule has 0 fully saturated rings. The second-order valence-electron chi connectivity index (χ2n) is 6.51. The molecule has 2 aromatic carbocycles. The van der Waals surface area contributed by atoms with Gasteiger partial charge in [-0.1, -0.05) is 22.9 Å². The van der Waals surface area contributed by atoms with Crippen LogP contribution in [0.2, 0.25) is 0 Å². The first-order valence-electron chi connectivity index (χ1n) is 9.70. The third-order valence-electron chi connectivity index (χ3n) is 4.28. The smallest absolute Gasteiger partial charge is 0.282 e. The molecule has 0 spiro atoms. The largest absolute Gasteiger partial charge is 0.490 e. The summed E-state index contributed by atoms with van der Waals surface area (Å²) < 4.78 is 13.9. The van der Waals surface area contributed by atoms with Gasteiger partial charge in [0.1, 0.15) is 11.9 Å². The molecule has 31 heavy (non-hydrogen) atoms. The van der Waals surface area contributed by atoms with E-state index in [1.807, 2.05) is 32.0 Å². The fourth-order valence-electron chi connectivity index (χ4n) is 2.99. The normalized spacial score (nSPS) is 11.1. The van der Waals surface area contributed by atoms with Gasteiger partial charge in [0.05, 0.1) is 28.2 Å². The Bertz CT molecular complexity index is 1230. The van der Waals surface area contributed by atoms with E-state index in [0.717, 1.165) is 10.9 Å². The first-order valence-corrected chi connectivity index (χ1v) is 11.3. The maximum atomic E-state index is 13.1. The number of nitrogens with zero attached hydrogens (tertiary/aromatic N) is 4. The molecule has 0 aliphatic carbocycles. The average Bonchev–Trinajstić information content (AvgIpc) is 2.74. The zero-order valence-corrected chi connectivity index (χ0v) is 20.2. The molecule has 0 aliphatic rings. The minimum atomic E-state index is -0.232. The van der Waals surface area contributed by atoms with Gasteiger partial charge in [-0.2, -0.15) is 15.0 Å². The van der Waals surface area contributed by atoms with E-state index < -0.39 is 0 Å². The van der Waals surface area contributed by atoms with Crippen molar-refractivity contribution >= 4 is 49.0 Å². The lowest BCUT2D eigenvalue weighted by Crippen LogP contribution is -2.22. The molecular formula is C22H20Br2N4O3. The van der Waals surface area contributed by atoms with Gasteiger partial charge in [0, 0.05) is 10.9 Å².